The average Bonchev–Trinajstić information content (AvgIpc) is 2.14. The summed E-state index contributed by atoms with van der Waals surface area (Å²) in [6.45, 7) is 9.49. The molecule has 0 amide bonds. The van der Waals surface area contributed by atoms with Crippen LogP contribution in [0.1, 0.15) is 53.4 Å². The molecule has 0 rings (SSSR count). The first-order valence-electron chi connectivity index (χ1n) is 5.99. The van der Waals surface area contributed by atoms with E-state index in [1.165, 1.54) is 19.3 Å². The molecule has 0 saturated heterocycles. The van der Waals surface area contributed by atoms with Crippen LogP contribution in [0.5, 0.6) is 0 Å². The predicted molar refractivity (Wildman–Crippen MR) is 62.5 cm³/mol. The van der Waals surface area contributed by atoms with Crippen LogP contribution in [0.3, 0.4) is 0 Å². The number of rotatable bonds is 8. The third kappa shape index (κ3) is 7.34. The van der Waals surface area contributed by atoms with Gasteiger partial charge in [-0.2, -0.15) is 0 Å². The highest BCUT2D eigenvalue weighted by Crippen LogP contribution is 2.05. The van der Waals surface area contributed by atoms with Gasteiger partial charge < -0.3 is 10.4 Å². The Labute approximate surface area is 89.1 Å². The lowest BCUT2D eigenvalue weighted by molar-refractivity contribution is 0.115. The summed E-state index contributed by atoms with van der Waals surface area (Å²) < 4.78 is 0. The summed E-state index contributed by atoms with van der Waals surface area (Å²) in [5.74, 6) is 0.378. The highest BCUT2D eigenvalue weighted by molar-refractivity contribution is 4.65. The van der Waals surface area contributed by atoms with E-state index in [4.69, 9.17) is 0 Å². The molecule has 2 atom stereocenters. The SMILES string of the molecule is CCCCC(C)NCCC(O)C(C)C. The molecule has 2 unspecified atom stereocenters. The van der Waals surface area contributed by atoms with Crippen LogP contribution in [-0.2, 0) is 0 Å². The van der Waals surface area contributed by atoms with Gasteiger partial charge in [0.25, 0.3) is 0 Å². The van der Waals surface area contributed by atoms with E-state index >= 15 is 0 Å². The summed E-state index contributed by atoms with van der Waals surface area (Å²) >= 11 is 0. The van der Waals surface area contributed by atoms with Crippen molar-refractivity contribution >= 4 is 0 Å². The maximum Gasteiger partial charge on any atom is 0.0575 e. The maximum absolute atomic E-state index is 9.58. The largest absolute Gasteiger partial charge is 0.393 e. The second-order valence-electron chi connectivity index (χ2n) is 4.60. The van der Waals surface area contributed by atoms with E-state index in [0.29, 0.717) is 12.0 Å². The molecule has 0 bridgehead atoms. The van der Waals surface area contributed by atoms with E-state index in [-0.39, 0.29) is 6.10 Å². The Morgan fingerprint density at radius 1 is 1.14 bits per heavy atom. The Hall–Kier alpha value is -0.0800. The first kappa shape index (κ1) is 13.9. The molecule has 14 heavy (non-hydrogen) atoms. The minimum Gasteiger partial charge on any atom is -0.393 e. The van der Waals surface area contributed by atoms with Crippen molar-refractivity contribution in [1.29, 1.82) is 0 Å². The quantitative estimate of drug-likeness (QED) is 0.632. The lowest BCUT2D eigenvalue weighted by atomic mass is 10.0. The molecule has 0 radical (unpaired) electrons. The highest BCUT2D eigenvalue weighted by atomic mass is 16.3. The molecule has 2 heteroatoms. The van der Waals surface area contributed by atoms with Crippen molar-refractivity contribution in [1.82, 2.24) is 5.32 Å². The zero-order valence-corrected chi connectivity index (χ0v) is 10.2. The molecule has 0 aromatic rings. The van der Waals surface area contributed by atoms with Gasteiger partial charge in [0.05, 0.1) is 6.10 Å². The van der Waals surface area contributed by atoms with Crippen LogP contribution in [-0.4, -0.2) is 23.8 Å². The molecular formula is C12H27NO. The summed E-state index contributed by atoms with van der Waals surface area (Å²) in [5.41, 5.74) is 0. The van der Waals surface area contributed by atoms with Gasteiger partial charge in [-0.25, -0.2) is 0 Å². The monoisotopic (exact) mass is 201 g/mol. The first-order valence-corrected chi connectivity index (χ1v) is 5.99. The smallest absolute Gasteiger partial charge is 0.0575 e. The fourth-order valence-corrected chi connectivity index (χ4v) is 1.42. The standard InChI is InChI=1S/C12H27NO/c1-5-6-7-11(4)13-9-8-12(14)10(2)3/h10-14H,5-9H2,1-4H3. The van der Waals surface area contributed by atoms with Gasteiger partial charge in [-0.1, -0.05) is 33.6 Å². The molecular weight excluding hydrogens is 174 g/mol. The molecule has 0 aromatic carbocycles. The van der Waals surface area contributed by atoms with Crippen molar-refractivity contribution in [3.63, 3.8) is 0 Å². The average molecular weight is 201 g/mol. The van der Waals surface area contributed by atoms with Gasteiger partial charge in [0.1, 0.15) is 0 Å². The number of unbranched alkanes of at least 4 members (excludes halogenated alkanes) is 1. The molecule has 0 fully saturated rings. The minimum atomic E-state index is -0.152. The fourth-order valence-electron chi connectivity index (χ4n) is 1.42. The minimum absolute atomic E-state index is 0.152. The van der Waals surface area contributed by atoms with Crippen LogP contribution in [0.15, 0.2) is 0 Å². The molecule has 0 spiro atoms. The molecule has 86 valence electrons. The Kier molecular flexibility index (Phi) is 8.20. The Morgan fingerprint density at radius 3 is 2.29 bits per heavy atom. The van der Waals surface area contributed by atoms with Gasteiger partial charge in [-0.3, -0.25) is 0 Å². The van der Waals surface area contributed by atoms with Crippen molar-refractivity contribution in [2.24, 2.45) is 5.92 Å². The fraction of sp³-hybridized carbons (Fsp3) is 1.00. The van der Waals surface area contributed by atoms with Gasteiger partial charge in [-0.15, -0.1) is 0 Å². The Bertz CT molecular complexity index is 125. The van der Waals surface area contributed by atoms with Crippen LogP contribution < -0.4 is 5.32 Å². The third-order valence-corrected chi connectivity index (χ3v) is 2.69. The van der Waals surface area contributed by atoms with Crippen LogP contribution >= 0.6 is 0 Å². The van der Waals surface area contributed by atoms with Crippen LogP contribution in [0.2, 0.25) is 0 Å². The lowest BCUT2D eigenvalue weighted by Crippen LogP contribution is -2.30. The van der Waals surface area contributed by atoms with Crippen molar-refractivity contribution in [3.8, 4) is 0 Å². The zero-order chi connectivity index (χ0) is 11.0. The van der Waals surface area contributed by atoms with E-state index in [9.17, 15) is 5.11 Å². The molecule has 0 saturated carbocycles. The van der Waals surface area contributed by atoms with Crippen LogP contribution in [0.25, 0.3) is 0 Å². The van der Waals surface area contributed by atoms with E-state index in [0.717, 1.165) is 13.0 Å². The summed E-state index contributed by atoms with van der Waals surface area (Å²) in [5, 5.41) is 13.0. The van der Waals surface area contributed by atoms with Crippen LogP contribution in [0, 0.1) is 5.92 Å². The van der Waals surface area contributed by atoms with Crippen molar-refractivity contribution < 1.29 is 5.11 Å². The molecule has 2 nitrogen and oxygen atoms in total. The van der Waals surface area contributed by atoms with Gasteiger partial charge in [0.15, 0.2) is 0 Å². The van der Waals surface area contributed by atoms with Crippen LogP contribution in [0.4, 0.5) is 0 Å². The van der Waals surface area contributed by atoms with E-state index in [1.807, 2.05) is 0 Å². The molecule has 0 aliphatic carbocycles. The van der Waals surface area contributed by atoms with Gasteiger partial charge in [-0.05, 0) is 32.2 Å². The Morgan fingerprint density at radius 2 is 1.79 bits per heavy atom. The van der Waals surface area contributed by atoms with Gasteiger partial charge >= 0.3 is 0 Å². The molecule has 0 aliphatic rings. The third-order valence-electron chi connectivity index (χ3n) is 2.69. The van der Waals surface area contributed by atoms with Crippen molar-refractivity contribution in [2.75, 3.05) is 6.54 Å². The predicted octanol–water partition coefficient (Wildman–Crippen LogP) is 2.56. The van der Waals surface area contributed by atoms with Gasteiger partial charge in [0, 0.05) is 6.04 Å². The maximum atomic E-state index is 9.58. The number of hydrogen-bond acceptors (Lipinski definition) is 2. The topological polar surface area (TPSA) is 32.3 Å². The summed E-state index contributed by atoms with van der Waals surface area (Å²) in [7, 11) is 0. The van der Waals surface area contributed by atoms with Crippen molar-refractivity contribution in [3.05, 3.63) is 0 Å². The molecule has 0 aliphatic heterocycles. The van der Waals surface area contributed by atoms with E-state index in [1.54, 1.807) is 0 Å². The number of nitrogens with one attached hydrogen (secondary N) is 1. The van der Waals surface area contributed by atoms with E-state index in [2.05, 4.69) is 33.0 Å². The second-order valence-corrected chi connectivity index (χ2v) is 4.60. The van der Waals surface area contributed by atoms with Gasteiger partial charge in [0.2, 0.25) is 0 Å². The summed E-state index contributed by atoms with van der Waals surface area (Å²) in [6, 6.07) is 0.592. The lowest BCUT2D eigenvalue weighted by Gasteiger charge is -2.17. The first-order chi connectivity index (χ1) is 6.57. The second kappa shape index (κ2) is 8.25. The number of hydrogen-bond donors (Lipinski definition) is 2. The van der Waals surface area contributed by atoms with Crippen molar-refractivity contribution in [2.45, 2.75) is 65.5 Å². The summed E-state index contributed by atoms with van der Waals surface area (Å²) in [4.78, 5) is 0. The van der Waals surface area contributed by atoms with E-state index < -0.39 is 0 Å². The highest BCUT2D eigenvalue weighted by Gasteiger charge is 2.08. The normalized spacial score (nSPS) is 15.9. The number of aliphatic hydroxyl groups is 1. The summed E-state index contributed by atoms with van der Waals surface area (Å²) in [6.07, 6.45) is 4.52. The molecule has 0 heterocycles. The molecule has 0 aromatic heterocycles. The zero-order valence-electron chi connectivity index (χ0n) is 10.2. The molecule has 2 N–H and O–H groups in total. The Balaban J connectivity index is 3.34. The number of aliphatic hydroxyl groups excluding tert-OH is 1.